The minimum Gasteiger partial charge on any atom is -0.369 e. The summed E-state index contributed by atoms with van der Waals surface area (Å²) in [6.07, 6.45) is 0. The van der Waals surface area contributed by atoms with Crippen LogP contribution in [0, 0.1) is 0 Å². The molecule has 0 bridgehead atoms. The molecule has 0 aliphatic carbocycles. The molecule has 1 aromatic carbocycles. The first kappa shape index (κ1) is 16.5. The molecule has 1 fully saturated rings. The molecule has 1 saturated heterocycles. The Hall–Kier alpha value is -1.92. The summed E-state index contributed by atoms with van der Waals surface area (Å²) in [5, 5.41) is 0. The highest BCUT2D eigenvalue weighted by Crippen LogP contribution is 2.24. The van der Waals surface area contributed by atoms with Crippen molar-refractivity contribution in [3.63, 3.8) is 0 Å². The molecule has 1 aromatic rings. The van der Waals surface area contributed by atoms with E-state index in [4.69, 9.17) is 5.73 Å². The van der Waals surface area contributed by atoms with E-state index in [1.165, 1.54) is 0 Å². The molecule has 1 heterocycles. The van der Waals surface area contributed by atoms with Gasteiger partial charge in [0.2, 0.25) is 5.91 Å². The summed E-state index contributed by atoms with van der Waals surface area (Å²) < 4.78 is 0. The third kappa shape index (κ3) is 3.84. The second-order valence-corrected chi connectivity index (χ2v) is 6.02. The molecule has 2 rings (SSSR count). The summed E-state index contributed by atoms with van der Waals surface area (Å²) in [5.74, 6) is -0.311. The van der Waals surface area contributed by atoms with Gasteiger partial charge in [0.05, 0.1) is 6.54 Å². The topological polar surface area (TPSA) is 69.9 Å². The fourth-order valence-electron chi connectivity index (χ4n) is 2.79. The largest absolute Gasteiger partial charge is 0.369 e. The summed E-state index contributed by atoms with van der Waals surface area (Å²) in [5.41, 5.74) is 7.07. The van der Waals surface area contributed by atoms with Gasteiger partial charge in [-0.15, -0.1) is 0 Å². The predicted molar refractivity (Wildman–Crippen MR) is 85.5 cm³/mol. The lowest BCUT2D eigenvalue weighted by Crippen LogP contribution is -2.49. The van der Waals surface area contributed by atoms with Crippen molar-refractivity contribution in [3.8, 4) is 0 Å². The molecule has 6 heteroatoms. The number of nitrogens with zero attached hydrogens (tertiary/aromatic N) is 3. The molecule has 2 N–H and O–H groups in total. The number of rotatable bonds is 4. The van der Waals surface area contributed by atoms with E-state index < -0.39 is 0 Å². The van der Waals surface area contributed by atoms with Crippen molar-refractivity contribution < 1.29 is 9.59 Å². The van der Waals surface area contributed by atoms with Crippen molar-refractivity contribution in [1.29, 1.82) is 0 Å². The summed E-state index contributed by atoms with van der Waals surface area (Å²) in [6, 6.07) is 7.87. The van der Waals surface area contributed by atoms with E-state index in [1.54, 1.807) is 19.0 Å². The van der Waals surface area contributed by atoms with Crippen molar-refractivity contribution in [1.82, 2.24) is 14.7 Å². The average Bonchev–Trinajstić information content (AvgIpc) is 2.48. The van der Waals surface area contributed by atoms with Gasteiger partial charge in [-0.2, -0.15) is 0 Å². The molecule has 0 aromatic heterocycles. The Balaban J connectivity index is 2.20. The average molecular weight is 304 g/mol. The van der Waals surface area contributed by atoms with Gasteiger partial charge in [0.1, 0.15) is 0 Å². The van der Waals surface area contributed by atoms with E-state index in [0.29, 0.717) is 5.56 Å². The van der Waals surface area contributed by atoms with Crippen LogP contribution in [0.5, 0.6) is 0 Å². The Morgan fingerprint density at radius 2 is 2.05 bits per heavy atom. The molecule has 1 atom stereocenters. The molecule has 1 aliphatic heterocycles. The number of amides is 2. The van der Waals surface area contributed by atoms with Crippen molar-refractivity contribution in [2.45, 2.75) is 6.04 Å². The molecule has 120 valence electrons. The van der Waals surface area contributed by atoms with E-state index in [-0.39, 0.29) is 24.4 Å². The standard InChI is InChI=1S/C16H24N4O2/c1-18(2)16(22)13-6-4-5-12(9-13)14-10-20(11-15(17)21)8-7-19(14)3/h4-6,9,14H,7-8,10-11H2,1-3H3,(H2,17,21). The SMILES string of the molecule is CN(C)C(=O)c1cccc(C2CN(CC(N)=O)CCN2C)c1. The number of piperazine rings is 1. The molecule has 0 radical (unpaired) electrons. The molecule has 1 unspecified atom stereocenters. The Labute approximate surface area is 131 Å². The van der Waals surface area contributed by atoms with Gasteiger partial charge < -0.3 is 10.6 Å². The first-order valence-corrected chi connectivity index (χ1v) is 7.41. The Morgan fingerprint density at radius 3 is 2.68 bits per heavy atom. The summed E-state index contributed by atoms with van der Waals surface area (Å²) in [6.45, 7) is 2.70. The van der Waals surface area contributed by atoms with Crippen LogP contribution in [-0.4, -0.2) is 73.8 Å². The van der Waals surface area contributed by atoms with Crippen molar-refractivity contribution in [2.75, 3.05) is 47.3 Å². The minimum absolute atomic E-state index is 0.00527. The van der Waals surface area contributed by atoms with Crippen LogP contribution in [0.4, 0.5) is 0 Å². The molecule has 0 saturated carbocycles. The Kier molecular flexibility index (Phi) is 5.15. The van der Waals surface area contributed by atoms with Gasteiger partial charge in [0, 0.05) is 45.3 Å². The normalized spacial score (nSPS) is 19.9. The number of likely N-dealkylation sites (N-methyl/N-ethyl adjacent to an activating group) is 1. The highest BCUT2D eigenvalue weighted by molar-refractivity contribution is 5.94. The zero-order chi connectivity index (χ0) is 16.3. The number of benzene rings is 1. The van der Waals surface area contributed by atoms with Crippen LogP contribution in [-0.2, 0) is 4.79 Å². The van der Waals surface area contributed by atoms with E-state index in [1.807, 2.05) is 24.3 Å². The number of primary amides is 1. The van der Waals surface area contributed by atoms with Crippen LogP contribution < -0.4 is 5.73 Å². The molecule has 0 spiro atoms. The number of hydrogen-bond acceptors (Lipinski definition) is 4. The smallest absolute Gasteiger partial charge is 0.253 e. The fourth-order valence-corrected chi connectivity index (χ4v) is 2.79. The minimum atomic E-state index is -0.306. The van der Waals surface area contributed by atoms with Crippen LogP contribution in [0.15, 0.2) is 24.3 Å². The molecule has 2 amide bonds. The lowest BCUT2D eigenvalue weighted by Gasteiger charge is -2.39. The van der Waals surface area contributed by atoms with E-state index in [0.717, 1.165) is 25.2 Å². The molecular weight excluding hydrogens is 280 g/mol. The van der Waals surface area contributed by atoms with Crippen LogP contribution >= 0.6 is 0 Å². The summed E-state index contributed by atoms with van der Waals surface area (Å²) in [4.78, 5) is 29.1. The first-order chi connectivity index (χ1) is 10.4. The quantitative estimate of drug-likeness (QED) is 0.860. The number of hydrogen-bond donors (Lipinski definition) is 1. The van der Waals surface area contributed by atoms with Crippen molar-refractivity contribution in [2.24, 2.45) is 5.73 Å². The van der Waals surface area contributed by atoms with Crippen molar-refractivity contribution in [3.05, 3.63) is 35.4 Å². The highest BCUT2D eigenvalue weighted by Gasteiger charge is 2.26. The van der Waals surface area contributed by atoms with Crippen LogP contribution in [0.2, 0.25) is 0 Å². The van der Waals surface area contributed by atoms with E-state index in [2.05, 4.69) is 16.8 Å². The van der Waals surface area contributed by atoms with E-state index >= 15 is 0 Å². The molecular formula is C16H24N4O2. The fraction of sp³-hybridized carbons (Fsp3) is 0.500. The number of nitrogens with two attached hydrogens (primary N) is 1. The Morgan fingerprint density at radius 1 is 1.32 bits per heavy atom. The van der Waals surface area contributed by atoms with Gasteiger partial charge in [-0.05, 0) is 24.7 Å². The maximum atomic E-state index is 12.1. The van der Waals surface area contributed by atoms with Crippen LogP contribution in [0.1, 0.15) is 22.0 Å². The lowest BCUT2D eigenvalue weighted by atomic mass is 10.00. The van der Waals surface area contributed by atoms with Crippen LogP contribution in [0.25, 0.3) is 0 Å². The zero-order valence-electron chi connectivity index (χ0n) is 13.5. The van der Waals surface area contributed by atoms with Crippen molar-refractivity contribution >= 4 is 11.8 Å². The van der Waals surface area contributed by atoms with Gasteiger partial charge >= 0.3 is 0 Å². The third-order valence-electron chi connectivity index (χ3n) is 4.04. The second-order valence-electron chi connectivity index (χ2n) is 6.02. The van der Waals surface area contributed by atoms with E-state index in [9.17, 15) is 9.59 Å². The Bertz CT molecular complexity index is 559. The maximum absolute atomic E-state index is 12.1. The zero-order valence-corrected chi connectivity index (χ0v) is 13.5. The number of carbonyl (C=O) groups excluding carboxylic acids is 2. The molecule has 22 heavy (non-hydrogen) atoms. The monoisotopic (exact) mass is 304 g/mol. The summed E-state index contributed by atoms with van der Waals surface area (Å²) in [7, 11) is 5.55. The van der Waals surface area contributed by atoms with Gasteiger partial charge in [-0.3, -0.25) is 19.4 Å². The second kappa shape index (κ2) is 6.89. The van der Waals surface area contributed by atoms with Gasteiger partial charge in [-0.25, -0.2) is 0 Å². The highest BCUT2D eigenvalue weighted by atomic mass is 16.2. The van der Waals surface area contributed by atoms with Gasteiger partial charge in [-0.1, -0.05) is 12.1 Å². The first-order valence-electron chi connectivity index (χ1n) is 7.41. The summed E-state index contributed by atoms with van der Waals surface area (Å²) >= 11 is 0. The molecule has 6 nitrogen and oxygen atoms in total. The van der Waals surface area contributed by atoms with Gasteiger partial charge in [0.25, 0.3) is 5.91 Å². The maximum Gasteiger partial charge on any atom is 0.253 e. The molecule has 1 aliphatic rings. The predicted octanol–water partition coefficient (Wildman–Crippen LogP) is 0.162. The van der Waals surface area contributed by atoms with Gasteiger partial charge in [0.15, 0.2) is 0 Å². The number of carbonyl (C=O) groups is 2. The third-order valence-corrected chi connectivity index (χ3v) is 4.04. The van der Waals surface area contributed by atoms with Crippen LogP contribution in [0.3, 0.4) is 0 Å². The lowest BCUT2D eigenvalue weighted by molar-refractivity contribution is -0.119.